The van der Waals surface area contributed by atoms with Crippen LogP contribution in [0, 0.1) is 0 Å². The number of aryl methyl sites for hydroxylation is 2. The predicted molar refractivity (Wildman–Crippen MR) is 53.2 cm³/mol. The fourth-order valence-corrected chi connectivity index (χ4v) is 1.18. The van der Waals surface area contributed by atoms with Crippen LogP contribution in [-0.2, 0) is 13.0 Å². The molecule has 12 heavy (non-hydrogen) atoms. The summed E-state index contributed by atoms with van der Waals surface area (Å²) in [5.41, 5.74) is 1.39. The third kappa shape index (κ3) is 2.68. The first-order valence-corrected chi connectivity index (χ1v) is 4.97. The van der Waals surface area contributed by atoms with E-state index >= 15 is 0 Å². The van der Waals surface area contributed by atoms with E-state index < -0.39 is 0 Å². The normalized spacial score (nSPS) is 12.0. The summed E-state index contributed by atoms with van der Waals surface area (Å²) in [5.74, 6) is 0. The van der Waals surface area contributed by atoms with Crippen molar-refractivity contribution in [2.24, 2.45) is 0 Å². The minimum Gasteiger partial charge on any atom is -0.270 e. The Morgan fingerprint density at radius 3 is 2.50 bits per heavy atom. The second kappa shape index (κ2) is 6.89. The first-order chi connectivity index (χ1) is 5.97. The van der Waals surface area contributed by atoms with Crippen LogP contribution in [0.25, 0.3) is 0 Å². The highest BCUT2D eigenvalue weighted by Crippen LogP contribution is 2.10. The summed E-state index contributed by atoms with van der Waals surface area (Å²) in [7, 11) is 0. The molecule has 0 bridgehead atoms. The summed E-state index contributed by atoms with van der Waals surface area (Å²) in [4.78, 5) is 0. The summed E-state index contributed by atoms with van der Waals surface area (Å²) < 4.78 is 2.07. The van der Waals surface area contributed by atoms with Crippen LogP contribution in [0.5, 0.6) is 0 Å². The second-order valence-electron chi connectivity index (χ2n) is 2.15. The van der Waals surface area contributed by atoms with E-state index in [1.165, 1.54) is 18.5 Å². The van der Waals surface area contributed by atoms with Gasteiger partial charge in [0.05, 0.1) is 0 Å². The molecule has 2 nitrogen and oxygen atoms in total. The average molecular weight is 168 g/mol. The Hall–Kier alpha value is -0.790. The maximum absolute atomic E-state index is 4.11. The zero-order valence-electron chi connectivity index (χ0n) is 8.67. The first-order valence-electron chi connectivity index (χ1n) is 4.97. The molecule has 1 aliphatic heterocycles. The Bertz CT molecular complexity index is 173. The molecule has 0 unspecified atom stereocenters. The van der Waals surface area contributed by atoms with Gasteiger partial charge in [0, 0.05) is 18.4 Å². The van der Waals surface area contributed by atoms with Crippen molar-refractivity contribution in [3.8, 4) is 0 Å². The first kappa shape index (κ1) is 11.2. The van der Waals surface area contributed by atoms with Gasteiger partial charge in [-0.1, -0.05) is 27.7 Å². The summed E-state index contributed by atoms with van der Waals surface area (Å²) in [6.45, 7) is 9.13. The number of rotatable bonds is 0. The molecule has 0 aliphatic carbocycles. The van der Waals surface area contributed by atoms with Gasteiger partial charge in [-0.15, -0.1) is 0 Å². The molecule has 0 N–H and O–H groups in total. The van der Waals surface area contributed by atoms with E-state index in [1.807, 2.05) is 33.9 Å². The lowest BCUT2D eigenvalue weighted by atomic mass is 10.3. The second-order valence-corrected chi connectivity index (χ2v) is 2.15. The van der Waals surface area contributed by atoms with Crippen LogP contribution < -0.4 is 0 Å². The minimum atomic E-state index is 1.13. The molecule has 0 aromatic carbocycles. The lowest BCUT2D eigenvalue weighted by Crippen LogP contribution is -1.92. The zero-order valence-corrected chi connectivity index (χ0v) is 8.67. The molecule has 0 spiro atoms. The van der Waals surface area contributed by atoms with Crippen molar-refractivity contribution < 1.29 is 0 Å². The van der Waals surface area contributed by atoms with Gasteiger partial charge in [-0.2, -0.15) is 5.10 Å². The fraction of sp³-hybridized carbons (Fsp3) is 0.700. The van der Waals surface area contributed by atoms with E-state index in [0.717, 1.165) is 6.54 Å². The van der Waals surface area contributed by atoms with Crippen molar-refractivity contribution in [2.75, 3.05) is 0 Å². The highest BCUT2D eigenvalue weighted by atomic mass is 15.3. The molecule has 0 radical (unpaired) electrons. The number of hydrogen-bond acceptors (Lipinski definition) is 1. The van der Waals surface area contributed by atoms with E-state index in [2.05, 4.69) is 15.8 Å². The Morgan fingerprint density at radius 1 is 1.25 bits per heavy atom. The van der Waals surface area contributed by atoms with E-state index in [-0.39, 0.29) is 0 Å². The van der Waals surface area contributed by atoms with Crippen LogP contribution in [0.4, 0.5) is 0 Å². The van der Waals surface area contributed by atoms with Crippen LogP contribution in [0.1, 0.15) is 39.8 Å². The van der Waals surface area contributed by atoms with Gasteiger partial charge in [-0.05, 0) is 18.9 Å². The highest BCUT2D eigenvalue weighted by molar-refractivity contribution is 5.03. The zero-order chi connectivity index (χ0) is 9.40. The molecule has 0 amide bonds. The van der Waals surface area contributed by atoms with Crippen LogP contribution in [0.3, 0.4) is 0 Å². The lowest BCUT2D eigenvalue weighted by Gasteiger charge is -1.87. The van der Waals surface area contributed by atoms with Crippen molar-refractivity contribution in [1.29, 1.82) is 0 Å². The summed E-state index contributed by atoms with van der Waals surface area (Å²) in [6.07, 6.45) is 4.37. The number of hydrogen-bond donors (Lipinski definition) is 0. The third-order valence-corrected chi connectivity index (χ3v) is 1.61. The standard InChI is InChI=1S/C6H8N2.2C2H6/c1-2-6-3-4-7-8(6)5-1;2*1-2/h3-4H,1-2,5H2;2*1-2H3. The van der Waals surface area contributed by atoms with Crippen molar-refractivity contribution in [2.45, 2.75) is 47.1 Å². The molecule has 0 fully saturated rings. The predicted octanol–water partition coefficient (Wildman–Crippen LogP) is 2.88. The monoisotopic (exact) mass is 168 g/mol. The summed E-state index contributed by atoms with van der Waals surface area (Å²) in [5, 5.41) is 4.11. The maximum atomic E-state index is 4.11. The molecule has 1 aromatic rings. The third-order valence-electron chi connectivity index (χ3n) is 1.61. The molecular weight excluding hydrogens is 148 g/mol. The molecule has 0 saturated carbocycles. The van der Waals surface area contributed by atoms with Gasteiger partial charge in [0.25, 0.3) is 0 Å². The highest BCUT2D eigenvalue weighted by Gasteiger charge is 2.07. The van der Waals surface area contributed by atoms with Gasteiger partial charge in [0.1, 0.15) is 0 Å². The number of fused-ring (bicyclic) bond motifs is 1. The lowest BCUT2D eigenvalue weighted by molar-refractivity contribution is 0.656. The van der Waals surface area contributed by atoms with Crippen molar-refractivity contribution in [3.63, 3.8) is 0 Å². The van der Waals surface area contributed by atoms with Crippen molar-refractivity contribution >= 4 is 0 Å². The summed E-state index contributed by atoms with van der Waals surface area (Å²) in [6, 6.07) is 2.09. The minimum absolute atomic E-state index is 1.13. The molecule has 2 heteroatoms. The van der Waals surface area contributed by atoms with Gasteiger partial charge < -0.3 is 0 Å². The molecule has 1 aromatic heterocycles. The summed E-state index contributed by atoms with van der Waals surface area (Å²) >= 11 is 0. The molecule has 70 valence electrons. The van der Waals surface area contributed by atoms with Crippen LogP contribution in [0.15, 0.2) is 12.3 Å². The van der Waals surface area contributed by atoms with Gasteiger partial charge in [-0.3, -0.25) is 4.68 Å². The van der Waals surface area contributed by atoms with Crippen LogP contribution >= 0.6 is 0 Å². The van der Waals surface area contributed by atoms with Crippen LogP contribution in [-0.4, -0.2) is 9.78 Å². The van der Waals surface area contributed by atoms with E-state index in [1.54, 1.807) is 0 Å². The number of nitrogens with zero attached hydrogens (tertiary/aromatic N) is 2. The Kier molecular flexibility index (Phi) is 6.44. The molecule has 2 heterocycles. The van der Waals surface area contributed by atoms with Crippen LogP contribution in [0.2, 0.25) is 0 Å². The van der Waals surface area contributed by atoms with Crippen molar-refractivity contribution in [3.05, 3.63) is 18.0 Å². The quantitative estimate of drug-likeness (QED) is 0.582. The van der Waals surface area contributed by atoms with Gasteiger partial charge in [0.2, 0.25) is 0 Å². The molecular formula is C10H20N2. The number of aromatic nitrogens is 2. The van der Waals surface area contributed by atoms with E-state index in [0.29, 0.717) is 0 Å². The van der Waals surface area contributed by atoms with Crippen molar-refractivity contribution in [1.82, 2.24) is 9.78 Å². The average Bonchev–Trinajstić information content (AvgIpc) is 2.72. The maximum Gasteiger partial charge on any atom is 0.0492 e. The van der Waals surface area contributed by atoms with Gasteiger partial charge in [0.15, 0.2) is 0 Å². The fourth-order valence-electron chi connectivity index (χ4n) is 1.18. The molecule has 0 saturated heterocycles. The van der Waals surface area contributed by atoms with Gasteiger partial charge >= 0.3 is 0 Å². The van der Waals surface area contributed by atoms with E-state index in [9.17, 15) is 0 Å². The Morgan fingerprint density at radius 2 is 1.92 bits per heavy atom. The smallest absolute Gasteiger partial charge is 0.0492 e. The van der Waals surface area contributed by atoms with E-state index in [4.69, 9.17) is 0 Å². The largest absolute Gasteiger partial charge is 0.270 e. The van der Waals surface area contributed by atoms with Gasteiger partial charge in [-0.25, -0.2) is 0 Å². The molecule has 0 atom stereocenters. The molecule has 1 aliphatic rings. The Labute approximate surface area is 75.6 Å². The Balaban J connectivity index is 0.000000269. The SMILES string of the molecule is CC.CC.c1cc2n(n1)CCC2. The topological polar surface area (TPSA) is 17.8 Å². The molecule has 2 rings (SSSR count).